The lowest BCUT2D eigenvalue weighted by molar-refractivity contribution is -0.131. The first-order chi connectivity index (χ1) is 17.0. The largest absolute Gasteiger partial charge is 0.507 e. The van der Waals surface area contributed by atoms with E-state index in [2.05, 4.69) is 5.32 Å². The van der Waals surface area contributed by atoms with Gasteiger partial charge >= 0.3 is 5.69 Å². The summed E-state index contributed by atoms with van der Waals surface area (Å²) in [5, 5.41) is 13.1. The second-order valence-corrected chi connectivity index (χ2v) is 9.49. The molecular formula is C27H32N4O5. The average Bonchev–Trinajstić information content (AvgIpc) is 2.87. The molecule has 36 heavy (non-hydrogen) atoms. The smallest absolute Gasteiger partial charge is 0.337 e. The maximum atomic E-state index is 13.6. The quantitative estimate of drug-likeness (QED) is 0.501. The zero-order valence-corrected chi connectivity index (χ0v) is 21.3. The van der Waals surface area contributed by atoms with Gasteiger partial charge in [-0.05, 0) is 69.4 Å². The molecule has 4 N–H and O–H groups in total. The number of nitrogens with two attached hydrogens (primary N) is 1. The summed E-state index contributed by atoms with van der Waals surface area (Å²) in [4.78, 5) is 40.0. The van der Waals surface area contributed by atoms with E-state index in [1.54, 1.807) is 44.2 Å². The van der Waals surface area contributed by atoms with Crippen LogP contribution in [0.15, 0.2) is 39.9 Å². The Kier molecular flexibility index (Phi) is 6.43. The van der Waals surface area contributed by atoms with Gasteiger partial charge in [-0.2, -0.15) is 0 Å². The van der Waals surface area contributed by atoms with Gasteiger partial charge in [0.15, 0.2) is 5.60 Å². The van der Waals surface area contributed by atoms with Crippen LogP contribution in [0.5, 0.6) is 11.5 Å². The molecule has 1 aromatic heterocycles. The van der Waals surface area contributed by atoms with Crippen LogP contribution in [0.3, 0.4) is 0 Å². The molecule has 4 rings (SSSR count). The van der Waals surface area contributed by atoms with Crippen LogP contribution in [0.4, 0.5) is 11.5 Å². The van der Waals surface area contributed by atoms with Crippen molar-refractivity contribution >= 4 is 17.4 Å². The lowest BCUT2D eigenvalue weighted by atomic mass is 9.86. The Morgan fingerprint density at radius 2 is 1.81 bits per heavy atom. The number of amides is 1. The van der Waals surface area contributed by atoms with Crippen molar-refractivity contribution in [1.82, 2.24) is 9.13 Å². The fourth-order valence-electron chi connectivity index (χ4n) is 4.69. The number of phenolic OH excluding ortho intramolecular Hbond substituents is 1. The molecule has 0 spiro atoms. The summed E-state index contributed by atoms with van der Waals surface area (Å²) in [6, 6.07) is 8.73. The molecule has 0 radical (unpaired) electrons. The van der Waals surface area contributed by atoms with Gasteiger partial charge in [-0.15, -0.1) is 0 Å². The van der Waals surface area contributed by atoms with Crippen molar-refractivity contribution in [2.24, 2.45) is 0 Å². The van der Waals surface area contributed by atoms with Gasteiger partial charge in [-0.1, -0.05) is 25.1 Å². The number of aromatic hydroxyl groups is 1. The Morgan fingerprint density at radius 1 is 1.14 bits per heavy atom. The first kappa shape index (κ1) is 25.1. The molecular weight excluding hydrogens is 460 g/mol. The van der Waals surface area contributed by atoms with Crippen molar-refractivity contribution in [2.45, 2.75) is 66.0 Å². The van der Waals surface area contributed by atoms with Gasteiger partial charge in [0, 0.05) is 18.5 Å². The Balaban J connectivity index is 1.78. The molecule has 1 aliphatic heterocycles. The van der Waals surface area contributed by atoms with Gasteiger partial charge < -0.3 is 20.9 Å². The maximum Gasteiger partial charge on any atom is 0.337 e. The highest BCUT2D eigenvalue weighted by molar-refractivity contribution is 5.99. The summed E-state index contributed by atoms with van der Waals surface area (Å²) < 4.78 is 8.56. The molecule has 0 aliphatic carbocycles. The number of ether oxygens (including phenoxy) is 1. The highest BCUT2D eigenvalue weighted by Gasteiger charge is 2.41. The van der Waals surface area contributed by atoms with Crippen molar-refractivity contribution < 1.29 is 14.6 Å². The number of aromatic nitrogens is 2. The van der Waals surface area contributed by atoms with Crippen molar-refractivity contribution in [3.05, 3.63) is 73.4 Å². The minimum Gasteiger partial charge on any atom is -0.507 e. The molecule has 0 saturated heterocycles. The molecule has 9 nitrogen and oxygen atoms in total. The molecule has 190 valence electrons. The molecule has 1 aliphatic rings. The van der Waals surface area contributed by atoms with Crippen molar-refractivity contribution in [1.29, 1.82) is 0 Å². The van der Waals surface area contributed by atoms with Gasteiger partial charge in [-0.3, -0.25) is 14.2 Å². The Bertz CT molecular complexity index is 1470. The second-order valence-electron chi connectivity index (χ2n) is 9.49. The molecule has 0 bridgehead atoms. The van der Waals surface area contributed by atoms with Gasteiger partial charge in [0.05, 0.1) is 5.69 Å². The SMILES string of the molecule is CCCn1c(=O)c(NC(=O)C2(C)CCc3c(C)c(O)c(C)c(C)c3O2)c(N)n(-c2ccccc2)c1=O. The molecule has 2 heterocycles. The van der Waals surface area contributed by atoms with E-state index in [1.165, 1.54) is 4.57 Å². The van der Waals surface area contributed by atoms with Crippen LogP contribution in [0, 0.1) is 20.8 Å². The van der Waals surface area contributed by atoms with Gasteiger partial charge in [0.1, 0.15) is 23.0 Å². The van der Waals surface area contributed by atoms with Crippen LogP contribution >= 0.6 is 0 Å². The van der Waals surface area contributed by atoms with E-state index in [1.807, 2.05) is 20.8 Å². The number of nitrogens with zero attached hydrogens (tertiary/aromatic N) is 2. The van der Waals surface area contributed by atoms with E-state index in [0.29, 0.717) is 36.3 Å². The molecule has 0 fully saturated rings. The minimum atomic E-state index is -1.30. The maximum absolute atomic E-state index is 13.6. The Hall–Kier alpha value is -4.01. The van der Waals surface area contributed by atoms with Crippen LogP contribution in [-0.2, 0) is 17.8 Å². The van der Waals surface area contributed by atoms with E-state index in [0.717, 1.165) is 21.3 Å². The molecule has 1 atom stereocenters. The van der Waals surface area contributed by atoms with Crippen molar-refractivity contribution in [2.75, 3.05) is 11.1 Å². The Labute approximate surface area is 209 Å². The molecule has 0 saturated carbocycles. The van der Waals surface area contributed by atoms with E-state index < -0.39 is 22.8 Å². The number of carbonyl (C=O) groups is 1. The molecule has 3 aromatic rings. The summed E-state index contributed by atoms with van der Waals surface area (Å²) in [7, 11) is 0. The molecule has 2 aromatic carbocycles. The van der Waals surface area contributed by atoms with E-state index in [4.69, 9.17) is 10.5 Å². The minimum absolute atomic E-state index is 0.149. The topological polar surface area (TPSA) is 129 Å². The summed E-state index contributed by atoms with van der Waals surface area (Å²) in [6.07, 6.45) is 1.39. The number of nitrogens with one attached hydrogen (secondary N) is 1. The van der Waals surface area contributed by atoms with Gasteiger partial charge in [-0.25, -0.2) is 9.36 Å². The number of hydrogen-bond acceptors (Lipinski definition) is 6. The normalized spacial score (nSPS) is 16.8. The third kappa shape index (κ3) is 3.94. The number of benzene rings is 2. The lowest BCUT2D eigenvalue weighted by Crippen LogP contribution is -2.50. The number of nitrogen functional groups attached to an aromatic ring is 1. The van der Waals surface area contributed by atoms with E-state index in [-0.39, 0.29) is 23.8 Å². The van der Waals surface area contributed by atoms with Crippen LogP contribution < -0.4 is 27.0 Å². The van der Waals surface area contributed by atoms with Crippen LogP contribution in [0.2, 0.25) is 0 Å². The first-order valence-corrected chi connectivity index (χ1v) is 12.0. The van der Waals surface area contributed by atoms with Crippen molar-refractivity contribution in [3.63, 3.8) is 0 Å². The first-order valence-electron chi connectivity index (χ1n) is 12.0. The summed E-state index contributed by atoms with van der Waals surface area (Å²) in [6.45, 7) is 9.17. The van der Waals surface area contributed by atoms with Gasteiger partial charge in [0.25, 0.3) is 11.5 Å². The third-order valence-corrected chi connectivity index (χ3v) is 7.08. The van der Waals surface area contributed by atoms with Crippen LogP contribution in [0.1, 0.15) is 48.9 Å². The number of phenols is 1. The zero-order chi connectivity index (χ0) is 26.4. The predicted molar refractivity (Wildman–Crippen MR) is 139 cm³/mol. The zero-order valence-electron chi connectivity index (χ0n) is 21.3. The van der Waals surface area contributed by atoms with E-state index >= 15 is 0 Å². The highest BCUT2D eigenvalue weighted by atomic mass is 16.5. The van der Waals surface area contributed by atoms with Crippen LogP contribution in [-0.4, -0.2) is 25.7 Å². The number of fused-ring (bicyclic) bond motifs is 1. The molecule has 1 unspecified atom stereocenters. The predicted octanol–water partition coefficient (Wildman–Crippen LogP) is 3.34. The average molecular weight is 493 g/mol. The number of carbonyl (C=O) groups excluding carboxylic acids is 1. The molecule has 9 heteroatoms. The third-order valence-electron chi connectivity index (χ3n) is 7.08. The summed E-state index contributed by atoms with van der Waals surface area (Å²) >= 11 is 0. The number of hydrogen-bond donors (Lipinski definition) is 3. The number of rotatable bonds is 5. The summed E-state index contributed by atoms with van der Waals surface area (Å²) in [5.74, 6) is 0.109. The monoisotopic (exact) mass is 492 g/mol. The standard InChI is InChI=1S/C27H32N4O5/c1-6-14-30-24(33)20(23(28)31(26(30)35)18-10-8-7-9-11-18)29-25(34)27(5)13-12-19-17(4)21(32)15(2)16(3)22(19)36-27/h7-11,32H,6,12-14,28H2,1-5H3,(H,29,34). The molecule has 1 amide bonds. The summed E-state index contributed by atoms with van der Waals surface area (Å²) in [5.41, 5.74) is 7.17. The lowest BCUT2D eigenvalue weighted by Gasteiger charge is -2.36. The second kappa shape index (κ2) is 9.22. The highest BCUT2D eigenvalue weighted by Crippen LogP contribution is 2.43. The number of para-hydroxylation sites is 1. The fraction of sp³-hybridized carbons (Fsp3) is 0.370. The van der Waals surface area contributed by atoms with Gasteiger partial charge in [0.2, 0.25) is 0 Å². The van der Waals surface area contributed by atoms with Crippen molar-refractivity contribution in [3.8, 4) is 17.2 Å². The Morgan fingerprint density at radius 3 is 2.44 bits per heavy atom. The van der Waals surface area contributed by atoms with E-state index in [9.17, 15) is 19.5 Å². The van der Waals surface area contributed by atoms with Crippen LogP contribution in [0.25, 0.3) is 5.69 Å². The number of anilines is 2. The fourth-order valence-corrected chi connectivity index (χ4v) is 4.69.